The van der Waals surface area contributed by atoms with Crippen LogP contribution in [0.4, 0.5) is 5.69 Å². The molecule has 0 amide bonds. The molecule has 26 heavy (non-hydrogen) atoms. The maximum atomic E-state index is 12.6. The quantitative estimate of drug-likeness (QED) is 0.479. The van der Waals surface area contributed by atoms with E-state index < -0.39 is 10.0 Å². The van der Waals surface area contributed by atoms with Crippen molar-refractivity contribution in [2.24, 2.45) is 0 Å². The minimum Gasteiger partial charge on any atom is -0.280 e. The van der Waals surface area contributed by atoms with Crippen LogP contribution in [0.3, 0.4) is 0 Å². The maximum Gasteiger partial charge on any atom is 0.263 e. The summed E-state index contributed by atoms with van der Waals surface area (Å²) in [5.41, 5.74) is 1.27. The molecular formula is C16H11BrCl3N3O2S. The lowest BCUT2D eigenvalue weighted by Gasteiger charge is -2.12. The summed E-state index contributed by atoms with van der Waals surface area (Å²) < 4.78 is 30.4. The van der Waals surface area contributed by atoms with Crippen LogP contribution in [-0.4, -0.2) is 18.2 Å². The second-order valence-corrected chi connectivity index (χ2v) is 9.15. The molecule has 0 radical (unpaired) electrons. The van der Waals surface area contributed by atoms with Gasteiger partial charge in [0.2, 0.25) is 0 Å². The summed E-state index contributed by atoms with van der Waals surface area (Å²) in [6.07, 6.45) is 3.51. The van der Waals surface area contributed by atoms with Crippen LogP contribution >= 0.6 is 50.7 Å². The number of hydrogen-bond acceptors (Lipinski definition) is 3. The van der Waals surface area contributed by atoms with Gasteiger partial charge >= 0.3 is 0 Å². The molecule has 0 aliphatic carbocycles. The van der Waals surface area contributed by atoms with Crippen molar-refractivity contribution in [1.82, 2.24) is 9.78 Å². The summed E-state index contributed by atoms with van der Waals surface area (Å²) in [7, 11) is -3.92. The molecule has 1 heterocycles. The third kappa shape index (κ3) is 4.53. The molecule has 0 spiro atoms. The van der Waals surface area contributed by atoms with Crippen molar-refractivity contribution in [3.05, 3.63) is 73.9 Å². The molecule has 0 fully saturated rings. The molecule has 0 aliphatic heterocycles. The van der Waals surface area contributed by atoms with Gasteiger partial charge in [-0.15, -0.1) is 0 Å². The smallest absolute Gasteiger partial charge is 0.263 e. The SMILES string of the molecule is O=S(=O)(Nc1cccc(Cn2cc(Br)cn2)c1)c1cc(Cl)c(Cl)cc1Cl. The van der Waals surface area contributed by atoms with Crippen LogP contribution in [-0.2, 0) is 16.6 Å². The van der Waals surface area contributed by atoms with E-state index in [-0.39, 0.29) is 20.0 Å². The van der Waals surface area contributed by atoms with E-state index in [4.69, 9.17) is 34.8 Å². The molecule has 0 bridgehead atoms. The second kappa shape index (κ2) is 7.78. The molecule has 0 aliphatic rings. The molecular weight excluding hydrogens is 485 g/mol. The lowest BCUT2D eigenvalue weighted by molar-refractivity contribution is 0.601. The summed E-state index contributed by atoms with van der Waals surface area (Å²) in [5.74, 6) is 0. The van der Waals surface area contributed by atoms with Crippen LogP contribution in [0.25, 0.3) is 0 Å². The van der Waals surface area contributed by atoms with Gasteiger partial charge in [0.05, 0.1) is 32.3 Å². The van der Waals surface area contributed by atoms with Gasteiger partial charge < -0.3 is 0 Å². The summed E-state index contributed by atoms with van der Waals surface area (Å²) in [6.45, 7) is 0.495. The fourth-order valence-electron chi connectivity index (χ4n) is 2.27. The molecule has 0 saturated heterocycles. The first-order chi connectivity index (χ1) is 12.2. The molecule has 136 valence electrons. The molecule has 10 heteroatoms. The van der Waals surface area contributed by atoms with E-state index in [1.165, 1.54) is 12.1 Å². The molecule has 0 atom stereocenters. The number of nitrogens with zero attached hydrogens (tertiary/aromatic N) is 2. The Hall–Kier alpha value is -1.25. The standard InChI is InChI=1S/C16H11BrCl3N3O2S/c17-11-7-21-23(9-11)8-10-2-1-3-12(4-10)22-26(24,25)16-6-14(19)13(18)5-15(16)20/h1-7,9,22H,8H2. The first kappa shape index (κ1) is 19.5. The highest BCUT2D eigenvalue weighted by Crippen LogP contribution is 2.32. The number of nitrogens with one attached hydrogen (secondary N) is 1. The Morgan fingerprint density at radius 3 is 2.50 bits per heavy atom. The first-order valence-electron chi connectivity index (χ1n) is 7.19. The van der Waals surface area contributed by atoms with E-state index in [0.717, 1.165) is 10.0 Å². The van der Waals surface area contributed by atoms with Crippen LogP contribution in [0.15, 0.2) is 58.2 Å². The van der Waals surface area contributed by atoms with Gasteiger partial charge in [0.15, 0.2) is 0 Å². The van der Waals surface area contributed by atoms with Crippen molar-refractivity contribution in [3.63, 3.8) is 0 Å². The number of hydrogen-bond donors (Lipinski definition) is 1. The van der Waals surface area contributed by atoms with Gasteiger partial charge in [-0.05, 0) is 45.8 Å². The third-order valence-electron chi connectivity index (χ3n) is 3.39. The average Bonchev–Trinajstić information content (AvgIpc) is 2.95. The van der Waals surface area contributed by atoms with E-state index in [0.29, 0.717) is 12.2 Å². The Labute approximate surface area is 174 Å². The average molecular weight is 496 g/mol. The van der Waals surface area contributed by atoms with Crippen molar-refractivity contribution < 1.29 is 8.42 Å². The van der Waals surface area contributed by atoms with Crippen molar-refractivity contribution in [2.75, 3.05) is 4.72 Å². The minimum absolute atomic E-state index is 0.00977. The van der Waals surface area contributed by atoms with Gasteiger partial charge in [-0.3, -0.25) is 9.40 Å². The summed E-state index contributed by atoms with van der Waals surface area (Å²) in [4.78, 5) is -0.144. The lowest BCUT2D eigenvalue weighted by Crippen LogP contribution is -2.14. The monoisotopic (exact) mass is 493 g/mol. The van der Waals surface area contributed by atoms with Crippen LogP contribution < -0.4 is 4.72 Å². The zero-order valence-corrected chi connectivity index (χ0v) is 17.6. The Bertz CT molecular complexity index is 1070. The summed E-state index contributed by atoms with van der Waals surface area (Å²) >= 11 is 21.1. The van der Waals surface area contributed by atoms with Gasteiger partial charge in [0.25, 0.3) is 10.0 Å². The van der Waals surface area contributed by atoms with Gasteiger partial charge in [-0.2, -0.15) is 5.10 Å². The topological polar surface area (TPSA) is 64.0 Å². The Kier molecular flexibility index (Phi) is 5.84. The highest BCUT2D eigenvalue weighted by Gasteiger charge is 2.20. The highest BCUT2D eigenvalue weighted by atomic mass is 79.9. The normalized spacial score (nSPS) is 11.5. The lowest BCUT2D eigenvalue weighted by atomic mass is 10.2. The van der Waals surface area contributed by atoms with Crippen molar-refractivity contribution in [3.8, 4) is 0 Å². The highest BCUT2D eigenvalue weighted by molar-refractivity contribution is 9.10. The number of anilines is 1. The number of aromatic nitrogens is 2. The molecule has 2 aromatic carbocycles. The van der Waals surface area contributed by atoms with Crippen LogP contribution in [0.2, 0.25) is 15.1 Å². The number of sulfonamides is 1. The molecule has 3 aromatic rings. The Balaban J connectivity index is 1.86. The van der Waals surface area contributed by atoms with E-state index in [1.54, 1.807) is 29.1 Å². The van der Waals surface area contributed by atoms with E-state index in [2.05, 4.69) is 25.8 Å². The number of benzene rings is 2. The predicted octanol–water partition coefficient (Wildman–Crippen LogP) is 5.45. The molecule has 3 rings (SSSR count). The van der Waals surface area contributed by atoms with Gasteiger partial charge in [-0.1, -0.05) is 46.9 Å². The van der Waals surface area contributed by atoms with E-state index in [1.807, 2.05) is 12.3 Å². The Morgan fingerprint density at radius 1 is 1.08 bits per heavy atom. The predicted molar refractivity (Wildman–Crippen MR) is 108 cm³/mol. The van der Waals surface area contributed by atoms with Crippen LogP contribution in [0.5, 0.6) is 0 Å². The number of rotatable bonds is 5. The van der Waals surface area contributed by atoms with Gasteiger partial charge in [0.1, 0.15) is 4.90 Å². The second-order valence-electron chi connectivity index (χ2n) is 5.36. The maximum absolute atomic E-state index is 12.6. The van der Waals surface area contributed by atoms with Crippen molar-refractivity contribution in [1.29, 1.82) is 0 Å². The van der Waals surface area contributed by atoms with Gasteiger partial charge in [0, 0.05) is 11.9 Å². The zero-order valence-electron chi connectivity index (χ0n) is 13.0. The van der Waals surface area contributed by atoms with Crippen LogP contribution in [0.1, 0.15) is 5.56 Å². The van der Waals surface area contributed by atoms with E-state index >= 15 is 0 Å². The Morgan fingerprint density at radius 2 is 1.81 bits per heavy atom. The molecule has 1 N–H and O–H groups in total. The fraction of sp³-hybridized carbons (Fsp3) is 0.0625. The first-order valence-corrected chi connectivity index (χ1v) is 10.6. The minimum atomic E-state index is -3.92. The molecule has 0 saturated carbocycles. The van der Waals surface area contributed by atoms with Crippen molar-refractivity contribution >= 4 is 66.4 Å². The third-order valence-corrected chi connectivity index (χ3v) is 6.37. The molecule has 0 unspecified atom stereocenters. The fourth-order valence-corrected chi connectivity index (χ4v) is 4.65. The largest absolute Gasteiger partial charge is 0.280 e. The van der Waals surface area contributed by atoms with Crippen LogP contribution in [0, 0.1) is 0 Å². The summed E-state index contributed by atoms with van der Waals surface area (Å²) in [6, 6.07) is 9.51. The molecule has 5 nitrogen and oxygen atoms in total. The van der Waals surface area contributed by atoms with Crippen molar-refractivity contribution in [2.45, 2.75) is 11.4 Å². The molecule has 1 aromatic heterocycles. The van der Waals surface area contributed by atoms with Gasteiger partial charge in [-0.25, -0.2) is 8.42 Å². The number of halogens is 4. The van der Waals surface area contributed by atoms with E-state index in [9.17, 15) is 8.42 Å². The summed E-state index contributed by atoms with van der Waals surface area (Å²) in [5, 5.41) is 4.46. The zero-order chi connectivity index (χ0) is 18.9.